The first-order chi connectivity index (χ1) is 14.5. The number of halogens is 3. The Labute approximate surface area is 174 Å². The minimum Gasteiger partial charge on any atom is -0.484 e. The van der Waals surface area contributed by atoms with E-state index in [0.29, 0.717) is 12.3 Å². The predicted octanol–water partition coefficient (Wildman–Crippen LogP) is 5.93. The second kappa shape index (κ2) is 8.92. The molecule has 0 spiro atoms. The van der Waals surface area contributed by atoms with Gasteiger partial charge in [-0.3, -0.25) is 4.90 Å². The van der Waals surface area contributed by atoms with Gasteiger partial charge in [0.15, 0.2) is 0 Å². The molecular weight excluding hydrogens is 387 g/mol. The highest BCUT2D eigenvalue weighted by Gasteiger charge is 2.30. The van der Waals surface area contributed by atoms with Crippen LogP contribution in [0.4, 0.5) is 13.2 Å². The third kappa shape index (κ3) is 5.03. The van der Waals surface area contributed by atoms with Crippen molar-refractivity contribution in [2.75, 3.05) is 19.6 Å². The minimum atomic E-state index is -4.35. The fourth-order valence-corrected chi connectivity index (χ4v) is 3.90. The molecule has 0 amide bonds. The Morgan fingerprint density at radius 3 is 2.30 bits per heavy atom. The SMILES string of the molecule is FC(F)(F)c1ccc(OC2CN(CCc3ccccc3)CCc3ccccc32)cc1. The molecule has 1 atom stereocenters. The highest BCUT2D eigenvalue weighted by atomic mass is 19.4. The van der Waals surface area contributed by atoms with Gasteiger partial charge in [-0.25, -0.2) is 0 Å². The topological polar surface area (TPSA) is 12.5 Å². The largest absolute Gasteiger partial charge is 0.484 e. The van der Waals surface area contributed by atoms with Gasteiger partial charge in [0.05, 0.1) is 5.56 Å². The third-order valence-electron chi connectivity index (χ3n) is 5.54. The van der Waals surface area contributed by atoms with Gasteiger partial charge in [0.25, 0.3) is 0 Å². The van der Waals surface area contributed by atoms with Gasteiger partial charge < -0.3 is 4.74 Å². The van der Waals surface area contributed by atoms with Crippen LogP contribution in [0.5, 0.6) is 5.75 Å². The fourth-order valence-electron chi connectivity index (χ4n) is 3.90. The minimum absolute atomic E-state index is 0.226. The molecule has 4 rings (SSSR count). The maximum atomic E-state index is 12.9. The van der Waals surface area contributed by atoms with Gasteiger partial charge in [-0.15, -0.1) is 0 Å². The molecule has 1 aliphatic heterocycles. The first kappa shape index (κ1) is 20.5. The van der Waals surface area contributed by atoms with E-state index in [1.165, 1.54) is 23.3 Å². The van der Waals surface area contributed by atoms with Crippen LogP contribution in [0.3, 0.4) is 0 Å². The Hall–Kier alpha value is -2.79. The van der Waals surface area contributed by atoms with Gasteiger partial charge in [-0.2, -0.15) is 13.2 Å². The van der Waals surface area contributed by atoms with Crippen LogP contribution in [0, 0.1) is 0 Å². The number of ether oxygens (including phenoxy) is 1. The van der Waals surface area contributed by atoms with Gasteiger partial charge >= 0.3 is 6.18 Å². The van der Waals surface area contributed by atoms with Crippen LogP contribution in [0.1, 0.15) is 28.4 Å². The highest BCUT2D eigenvalue weighted by molar-refractivity contribution is 5.34. The molecule has 2 nitrogen and oxygen atoms in total. The van der Waals surface area contributed by atoms with E-state index in [4.69, 9.17) is 4.74 Å². The molecule has 3 aromatic rings. The van der Waals surface area contributed by atoms with Gasteiger partial charge in [0.2, 0.25) is 0 Å². The number of rotatable bonds is 5. The Morgan fingerprint density at radius 2 is 1.57 bits per heavy atom. The molecule has 3 aromatic carbocycles. The molecule has 0 aliphatic carbocycles. The van der Waals surface area contributed by atoms with E-state index in [1.54, 1.807) is 0 Å². The van der Waals surface area contributed by atoms with Crippen LogP contribution in [-0.2, 0) is 19.0 Å². The van der Waals surface area contributed by atoms with Gasteiger partial charge in [0.1, 0.15) is 11.9 Å². The van der Waals surface area contributed by atoms with Crippen molar-refractivity contribution in [3.63, 3.8) is 0 Å². The lowest BCUT2D eigenvalue weighted by atomic mass is 10.0. The van der Waals surface area contributed by atoms with Crippen molar-refractivity contribution in [3.8, 4) is 5.75 Å². The van der Waals surface area contributed by atoms with E-state index in [2.05, 4.69) is 29.2 Å². The van der Waals surface area contributed by atoms with E-state index in [1.807, 2.05) is 30.3 Å². The lowest BCUT2D eigenvalue weighted by Gasteiger charge is -2.26. The summed E-state index contributed by atoms with van der Waals surface area (Å²) in [5, 5.41) is 0. The molecule has 0 bridgehead atoms. The van der Waals surface area contributed by atoms with Crippen molar-refractivity contribution in [3.05, 3.63) is 101 Å². The summed E-state index contributed by atoms with van der Waals surface area (Å²) in [5.74, 6) is 0.452. The van der Waals surface area contributed by atoms with Crippen LogP contribution in [0.15, 0.2) is 78.9 Å². The Balaban J connectivity index is 1.51. The van der Waals surface area contributed by atoms with Crippen LogP contribution < -0.4 is 4.74 Å². The molecule has 1 heterocycles. The van der Waals surface area contributed by atoms with Crippen molar-refractivity contribution in [2.24, 2.45) is 0 Å². The first-order valence-corrected chi connectivity index (χ1v) is 10.2. The van der Waals surface area contributed by atoms with E-state index in [0.717, 1.165) is 43.6 Å². The van der Waals surface area contributed by atoms with Crippen molar-refractivity contribution in [1.82, 2.24) is 4.90 Å². The van der Waals surface area contributed by atoms with E-state index in [-0.39, 0.29) is 6.10 Å². The molecule has 1 aliphatic rings. The smallest absolute Gasteiger partial charge is 0.416 e. The van der Waals surface area contributed by atoms with Crippen LogP contribution in [-0.4, -0.2) is 24.5 Å². The summed E-state index contributed by atoms with van der Waals surface area (Å²) >= 11 is 0. The lowest BCUT2D eigenvalue weighted by molar-refractivity contribution is -0.137. The van der Waals surface area contributed by atoms with Crippen molar-refractivity contribution in [2.45, 2.75) is 25.1 Å². The van der Waals surface area contributed by atoms with Crippen LogP contribution >= 0.6 is 0 Å². The zero-order valence-electron chi connectivity index (χ0n) is 16.6. The number of hydrogen-bond acceptors (Lipinski definition) is 2. The Bertz CT molecular complexity index is 954. The van der Waals surface area contributed by atoms with Gasteiger partial charge in [-0.1, -0.05) is 54.6 Å². The number of hydrogen-bond donors (Lipinski definition) is 0. The normalized spacial score (nSPS) is 17.2. The lowest BCUT2D eigenvalue weighted by Crippen LogP contribution is -2.32. The molecular formula is C25H24F3NO. The number of alkyl halides is 3. The summed E-state index contributed by atoms with van der Waals surface area (Å²) < 4.78 is 44.8. The van der Waals surface area contributed by atoms with E-state index >= 15 is 0 Å². The summed E-state index contributed by atoms with van der Waals surface area (Å²) in [6.45, 7) is 2.53. The maximum absolute atomic E-state index is 12.9. The summed E-state index contributed by atoms with van der Waals surface area (Å²) in [5.41, 5.74) is 2.97. The number of benzene rings is 3. The molecule has 1 unspecified atom stereocenters. The molecule has 156 valence electrons. The molecule has 5 heteroatoms. The van der Waals surface area contributed by atoms with E-state index < -0.39 is 11.7 Å². The van der Waals surface area contributed by atoms with E-state index in [9.17, 15) is 13.2 Å². The fraction of sp³-hybridized carbons (Fsp3) is 0.280. The monoisotopic (exact) mass is 411 g/mol. The third-order valence-corrected chi connectivity index (χ3v) is 5.54. The summed E-state index contributed by atoms with van der Waals surface area (Å²) in [7, 11) is 0. The highest BCUT2D eigenvalue weighted by Crippen LogP contribution is 2.33. The average molecular weight is 411 g/mol. The Kier molecular flexibility index (Phi) is 6.09. The summed E-state index contributed by atoms with van der Waals surface area (Å²) in [4.78, 5) is 2.38. The molecule has 0 saturated heterocycles. The number of fused-ring (bicyclic) bond motifs is 1. The van der Waals surface area contributed by atoms with Crippen molar-refractivity contribution < 1.29 is 17.9 Å². The molecule has 0 fully saturated rings. The van der Waals surface area contributed by atoms with Crippen LogP contribution in [0.25, 0.3) is 0 Å². The molecule has 0 radical (unpaired) electrons. The van der Waals surface area contributed by atoms with Gasteiger partial charge in [0, 0.05) is 19.6 Å². The summed E-state index contributed by atoms with van der Waals surface area (Å²) in [6, 6.07) is 23.5. The number of nitrogens with zero attached hydrogens (tertiary/aromatic N) is 1. The van der Waals surface area contributed by atoms with Crippen LogP contribution in [0.2, 0.25) is 0 Å². The predicted molar refractivity (Wildman–Crippen MR) is 112 cm³/mol. The molecule has 0 aromatic heterocycles. The first-order valence-electron chi connectivity index (χ1n) is 10.2. The quantitative estimate of drug-likeness (QED) is 0.516. The summed E-state index contributed by atoms with van der Waals surface area (Å²) in [6.07, 6.45) is -2.69. The standard InChI is InChI=1S/C25H24F3NO/c26-25(27,28)21-10-12-22(13-11-21)30-24-18-29(16-14-19-6-2-1-3-7-19)17-15-20-8-4-5-9-23(20)24/h1-13,24H,14-18H2. The maximum Gasteiger partial charge on any atom is 0.416 e. The molecule has 0 saturated carbocycles. The van der Waals surface area contributed by atoms with Crippen molar-refractivity contribution >= 4 is 0 Å². The Morgan fingerprint density at radius 1 is 0.867 bits per heavy atom. The molecule has 30 heavy (non-hydrogen) atoms. The zero-order valence-corrected chi connectivity index (χ0v) is 16.6. The molecule has 0 N–H and O–H groups in total. The second-order valence-corrected chi connectivity index (χ2v) is 7.61. The second-order valence-electron chi connectivity index (χ2n) is 7.61. The average Bonchev–Trinajstić information content (AvgIpc) is 2.92. The van der Waals surface area contributed by atoms with Crippen molar-refractivity contribution in [1.29, 1.82) is 0 Å². The van der Waals surface area contributed by atoms with Gasteiger partial charge in [-0.05, 0) is 53.8 Å². The zero-order chi connectivity index (χ0) is 21.0.